The minimum absolute atomic E-state index is 0.186. The Balaban J connectivity index is 1.34. The normalized spacial score (nSPS) is 23.8. The van der Waals surface area contributed by atoms with E-state index in [-0.39, 0.29) is 5.92 Å². The summed E-state index contributed by atoms with van der Waals surface area (Å²) in [5.74, 6) is 1.21. The third-order valence-electron chi connectivity index (χ3n) is 4.28. The highest BCUT2D eigenvalue weighted by Crippen LogP contribution is 2.43. The zero-order valence-corrected chi connectivity index (χ0v) is 11.7. The largest absolute Gasteiger partial charge is 0.345 e. The molecule has 0 radical (unpaired) electrons. The first-order valence-corrected chi connectivity index (χ1v) is 8.00. The molecule has 2 aliphatic heterocycles. The van der Waals surface area contributed by atoms with Gasteiger partial charge >= 0.3 is 0 Å². The van der Waals surface area contributed by atoms with E-state index in [1.807, 2.05) is 4.90 Å². The van der Waals surface area contributed by atoms with E-state index in [1.165, 1.54) is 30.7 Å². The van der Waals surface area contributed by atoms with Crippen LogP contribution in [0.5, 0.6) is 0 Å². The Labute approximate surface area is 116 Å². The highest BCUT2D eigenvalue weighted by Gasteiger charge is 2.38. The summed E-state index contributed by atoms with van der Waals surface area (Å²) < 4.78 is 0. The van der Waals surface area contributed by atoms with Gasteiger partial charge in [-0.3, -0.25) is 4.79 Å². The van der Waals surface area contributed by atoms with Gasteiger partial charge in [-0.15, -0.1) is 10.2 Å². The summed E-state index contributed by atoms with van der Waals surface area (Å²) in [6.45, 7) is 3.57. The predicted molar refractivity (Wildman–Crippen MR) is 73.4 cm³/mol. The molecule has 2 saturated heterocycles. The van der Waals surface area contributed by atoms with Crippen molar-refractivity contribution in [1.29, 1.82) is 0 Å². The maximum absolute atomic E-state index is 12.2. The molecule has 1 amide bonds. The zero-order valence-electron chi connectivity index (χ0n) is 10.9. The lowest BCUT2D eigenvalue weighted by atomic mass is 9.99. The maximum Gasteiger partial charge on any atom is 0.229 e. The molecule has 0 aromatic carbocycles. The second kappa shape index (κ2) is 4.44. The first kappa shape index (κ1) is 11.6. The number of rotatable bonds is 3. The van der Waals surface area contributed by atoms with Crippen LogP contribution in [0.15, 0.2) is 0 Å². The second-order valence-corrected chi connectivity index (χ2v) is 6.82. The summed E-state index contributed by atoms with van der Waals surface area (Å²) in [6, 6.07) is 0. The average Bonchev–Trinajstić information content (AvgIpc) is 2.90. The number of hydrogen-bond acceptors (Lipinski definition) is 5. The van der Waals surface area contributed by atoms with Gasteiger partial charge in [-0.1, -0.05) is 11.3 Å². The SMILES string of the molecule is O=C(C1CN(c2nnc(C3CC3)s2)C1)N1CCCC1. The quantitative estimate of drug-likeness (QED) is 0.840. The van der Waals surface area contributed by atoms with Crippen molar-refractivity contribution in [1.82, 2.24) is 15.1 Å². The number of carbonyl (C=O) groups is 1. The predicted octanol–water partition coefficient (Wildman–Crippen LogP) is 1.47. The Morgan fingerprint density at radius 2 is 1.89 bits per heavy atom. The minimum atomic E-state index is 0.186. The highest BCUT2D eigenvalue weighted by atomic mass is 32.1. The van der Waals surface area contributed by atoms with Gasteiger partial charge in [0.15, 0.2) is 0 Å². The molecule has 3 fully saturated rings. The lowest BCUT2D eigenvalue weighted by molar-refractivity contribution is -0.135. The minimum Gasteiger partial charge on any atom is -0.345 e. The van der Waals surface area contributed by atoms with Crippen LogP contribution in [0.1, 0.15) is 36.6 Å². The van der Waals surface area contributed by atoms with Gasteiger partial charge in [0.1, 0.15) is 5.01 Å². The van der Waals surface area contributed by atoms with Gasteiger partial charge in [0, 0.05) is 32.1 Å². The summed E-state index contributed by atoms with van der Waals surface area (Å²) in [5, 5.41) is 10.7. The lowest BCUT2D eigenvalue weighted by Crippen LogP contribution is -2.54. The van der Waals surface area contributed by atoms with Gasteiger partial charge in [0.25, 0.3) is 0 Å². The summed E-state index contributed by atoms with van der Waals surface area (Å²) >= 11 is 1.71. The molecule has 5 nitrogen and oxygen atoms in total. The number of hydrogen-bond donors (Lipinski definition) is 0. The molecular formula is C13H18N4OS. The number of carbonyl (C=O) groups excluding carboxylic acids is 1. The Morgan fingerprint density at radius 3 is 2.58 bits per heavy atom. The molecule has 0 atom stereocenters. The Morgan fingerprint density at radius 1 is 1.16 bits per heavy atom. The zero-order chi connectivity index (χ0) is 12.8. The number of aromatic nitrogens is 2. The van der Waals surface area contributed by atoms with Crippen molar-refractivity contribution >= 4 is 22.4 Å². The van der Waals surface area contributed by atoms with Gasteiger partial charge in [-0.05, 0) is 25.7 Å². The van der Waals surface area contributed by atoms with Crippen LogP contribution < -0.4 is 4.90 Å². The highest BCUT2D eigenvalue weighted by molar-refractivity contribution is 7.15. The Kier molecular flexibility index (Phi) is 2.72. The first-order chi connectivity index (χ1) is 9.31. The summed E-state index contributed by atoms with van der Waals surface area (Å²) in [6.07, 6.45) is 4.88. The Hall–Kier alpha value is -1.17. The number of likely N-dealkylation sites (tertiary alicyclic amines) is 1. The summed E-state index contributed by atoms with van der Waals surface area (Å²) in [7, 11) is 0. The van der Waals surface area contributed by atoms with Crippen LogP contribution in [0.3, 0.4) is 0 Å². The number of amides is 1. The van der Waals surface area contributed by atoms with Crippen molar-refractivity contribution in [2.75, 3.05) is 31.1 Å². The van der Waals surface area contributed by atoms with Crippen molar-refractivity contribution in [3.8, 4) is 0 Å². The van der Waals surface area contributed by atoms with Crippen LogP contribution in [-0.2, 0) is 4.79 Å². The fourth-order valence-electron chi connectivity index (χ4n) is 2.84. The summed E-state index contributed by atoms with van der Waals surface area (Å²) in [5.41, 5.74) is 0. The molecule has 6 heteroatoms. The summed E-state index contributed by atoms with van der Waals surface area (Å²) in [4.78, 5) is 16.4. The van der Waals surface area contributed by atoms with E-state index in [1.54, 1.807) is 11.3 Å². The first-order valence-electron chi connectivity index (χ1n) is 7.18. The topological polar surface area (TPSA) is 49.3 Å². The van der Waals surface area contributed by atoms with Crippen LogP contribution in [-0.4, -0.2) is 47.2 Å². The van der Waals surface area contributed by atoms with Gasteiger partial charge in [-0.25, -0.2) is 0 Å². The molecule has 19 heavy (non-hydrogen) atoms. The fraction of sp³-hybridized carbons (Fsp3) is 0.769. The molecule has 0 N–H and O–H groups in total. The van der Waals surface area contributed by atoms with Crippen LogP contribution >= 0.6 is 11.3 Å². The van der Waals surface area contributed by atoms with Gasteiger partial charge in [0.05, 0.1) is 5.92 Å². The molecule has 3 heterocycles. The van der Waals surface area contributed by atoms with Crippen molar-refractivity contribution in [3.63, 3.8) is 0 Å². The standard InChI is InChI=1S/C13H18N4OS/c18-12(16-5-1-2-6-16)10-7-17(8-10)13-15-14-11(19-13)9-3-4-9/h9-10H,1-8H2. The molecular weight excluding hydrogens is 260 g/mol. The van der Waals surface area contributed by atoms with Crippen LogP contribution in [0.4, 0.5) is 5.13 Å². The fourth-order valence-corrected chi connectivity index (χ4v) is 3.87. The smallest absolute Gasteiger partial charge is 0.229 e. The molecule has 4 rings (SSSR count). The maximum atomic E-state index is 12.2. The third-order valence-corrected chi connectivity index (χ3v) is 5.42. The molecule has 1 aromatic heterocycles. The second-order valence-electron chi connectivity index (χ2n) is 5.83. The lowest BCUT2D eigenvalue weighted by Gasteiger charge is -2.39. The molecule has 3 aliphatic rings. The van der Waals surface area contributed by atoms with Crippen LogP contribution in [0.2, 0.25) is 0 Å². The van der Waals surface area contributed by atoms with Crippen molar-refractivity contribution in [3.05, 3.63) is 5.01 Å². The van der Waals surface area contributed by atoms with Gasteiger partial charge in [-0.2, -0.15) is 0 Å². The van der Waals surface area contributed by atoms with E-state index in [0.717, 1.165) is 31.3 Å². The van der Waals surface area contributed by atoms with Gasteiger partial charge in [0.2, 0.25) is 11.0 Å². The van der Waals surface area contributed by atoms with Gasteiger partial charge < -0.3 is 9.80 Å². The monoisotopic (exact) mass is 278 g/mol. The van der Waals surface area contributed by atoms with E-state index < -0.39 is 0 Å². The van der Waals surface area contributed by atoms with E-state index >= 15 is 0 Å². The van der Waals surface area contributed by atoms with Crippen molar-refractivity contribution < 1.29 is 4.79 Å². The molecule has 0 spiro atoms. The number of nitrogens with zero attached hydrogens (tertiary/aromatic N) is 4. The van der Waals surface area contributed by atoms with E-state index in [0.29, 0.717) is 11.8 Å². The molecule has 102 valence electrons. The van der Waals surface area contributed by atoms with E-state index in [2.05, 4.69) is 15.1 Å². The molecule has 1 aromatic rings. The number of anilines is 1. The molecule has 0 unspecified atom stereocenters. The molecule has 1 saturated carbocycles. The average molecular weight is 278 g/mol. The Bertz CT molecular complexity index is 487. The van der Waals surface area contributed by atoms with Crippen LogP contribution in [0.25, 0.3) is 0 Å². The van der Waals surface area contributed by atoms with Crippen molar-refractivity contribution in [2.24, 2.45) is 5.92 Å². The van der Waals surface area contributed by atoms with Crippen LogP contribution in [0, 0.1) is 5.92 Å². The van der Waals surface area contributed by atoms with E-state index in [4.69, 9.17) is 0 Å². The van der Waals surface area contributed by atoms with Crippen molar-refractivity contribution in [2.45, 2.75) is 31.6 Å². The molecule has 0 bridgehead atoms. The van der Waals surface area contributed by atoms with E-state index in [9.17, 15) is 4.79 Å². The molecule has 1 aliphatic carbocycles. The third kappa shape index (κ3) is 2.12.